The maximum absolute atomic E-state index is 5.33. The molecule has 0 aliphatic carbocycles. The summed E-state index contributed by atoms with van der Waals surface area (Å²) in [7, 11) is 0. The smallest absolute Gasteiger partial charge is 0.0666 e. The standard InChI is InChI=1S/C6H12N4S/c7-2-1-3-8-4-6-5-9-10-11-6/h5,8H,1-4,7H2. The van der Waals surface area contributed by atoms with Gasteiger partial charge in [0.15, 0.2) is 0 Å². The van der Waals surface area contributed by atoms with Crippen molar-refractivity contribution in [2.45, 2.75) is 13.0 Å². The van der Waals surface area contributed by atoms with Crippen molar-refractivity contribution >= 4 is 11.5 Å². The molecule has 0 fully saturated rings. The van der Waals surface area contributed by atoms with Gasteiger partial charge >= 0.3 is 0 Å². The van der Waals surface area contributed by atoms with Gasteiger partial charge in [-0.2, -0.15) is 0 Å². The van der Waals surface area contributed by atoms with Crippen molar-refractivity contribution in [2.75, 3.05) is 13.1 Å². The van der Waals surface area contributed by atoms with Crippen LogP contribution in [0, 0.1) is 0 Å². The van der Waals surface area contributed by atoms with Crippen molar-refractivity contribution in [3.05, 3.63) is 11.1 Å². The summed E-state index contributed by atoms with van der Waals surface area (Å²) in [5.41, 5.74) is 5.33. The minimum atomic E-state index is 0.744. The summed E-state index contributed by atoms with van der Waals surface area (Å²) in [5.74, 6) is 0. The second kappa shape index (κ2) is 5.17. The van der Waals surface area contributed by atoms with E-state index in [1.165, 1.54) is 16.4 Å². The second-order valence-electron chi connectivity index (χ2n) is 2.20. The molecular formula is C6H12N4S. The summed E-state index contributed by atoms with van der Waals surface area (Å²) >= 11 is 1.43. The van der Waals surface area contributed by atoms with Gasteiger partial charge in [-0.15, -0.1) is 5.10 Å². The molecule has 3 N–H and O–H groups in total. The van der Waals surface area contributed by atoms with E-state index in [4.69, 9.17) is 5.73 Å². The van der Waals surface area contributed by atoms with Crippen LogP contribution in [-0.2, 0) is 6.54 Å². The molecule has 0 atom stereocenters. The first-order chi connectivity index (χ1) is 5.43. The summed E-state index contributed by atoms with van der Waals surface area (Å²) in [6.07, 6.45) is 2.80. The molecule has 0 bridgehead atoms. The predicted octanol–water partition coefficient (Wildman–Crippen LogP) is -0.0235. The van der Waals surface area contributed by atoms with Crippen LogP contribution in [-0.4, -0.2) is 22.7 Å². The van der Waals surface area contributed by atoms with Gasteiger partial charge in [0.2, 0.25) is 0 Å². The molecule has 1 rings (SSSR count). The van der Waals surface area contributed by atoms with Crippen LogP contribution in [0.25, 0.3) is 0 Å². The van der Waals surface area contributed by atoms with E-state index in [2.05, 4.69) is 14.9 Å². The molecule has 0 aliphatic heterocycles. The zero-order valence-corrected chi connectivity index (χ0v) is 7.10. The van der Waals surface area contributed by atoms with Crippen LogP contribution in [0.3, 0.4) is 0 Å². The highest BCUT2D eigenvalue weighted by atomic mass is 32.1. The third-order valence-electron chi connectivity index (χ3n) is 1.26. The highest BCUT2D eigenvalue weighted by Gasteiger charge is 1.93. The molecule has 62 valence electrons. The fourth-order valence-corrected chi connectivity index (χ4v) is 1.16. The van der Waals surface area contributed by atoms with Crippen LogP contribution >= 0.6 is 11.5 Å². The maximum Gasteiger partial charge on any atom is 0.0666 e. The molecule has 4 nitrogen and oxygen atoms in total. The van der Waals surface area contributed by atoms with Crippen molar-refractivity contribution < 1.29 is 0 Å². The lowest BCUT2D eigenvalue weighted by molar-refractivity contribution is 0.660. The van der Waals surface area contributed by atoms with E-state index in [9.17, 15) is 0 Å². The maximum atomic E-state index is 5.33. The van der Waals surface area contributed by atoms with Gasteiger partial charge in [0.1, 0.15) is 0 Å². The lowest BCUT2D eigenvalue weighted by atomic mass is 10.4. The monoisotopic (exact) mass is 172 g/mol. The van der Waals surface area contributed by atoms with Crippen LogP contribution < -0.4 is 11.1 Å². The highest BCUT2D eigenvalue weighted by Crippen LogP contribution is 1.99. The zero-order valence-electron chi connectivity index (χ0n) is 6.29. The molecule has 1 heterocycles. The average molecular weight is 172 g/mol. The normalized spacial score (nSPS) is 10.3. The number of nitrogens with two attached hydrogens (primary N) is 1. The Balaban J connectivity index is 2.04. The molecule has 1 aromatic heterocycles. The molecule has 0 amide bonds. The van der Waals surface area contributed by atoms with Gasteiger partial charge in [-0.05, 0) is 31.0 Å². The van der Waals surface area contributed by atoms with Gasteiger partial charge in [0, 0.05) is 6.54 Å². The molecule has 0 spiro atoms. The Morgan fingerprint density at radius 3 is 3.18 bits per heavy atom. The Morgan fingerprint density at radius 1 is 1.64 bits per heavy atom. The fraction of sp³-hybridized carbons (Fsp3) is 0.667. The summed E-state index contributed by atoms with van der Waals surface area (Å²) in [4.78, 5) is 1.17. The van der Waals surface area contributed by atoms with Crippen molar-refractivity contribution in [1.82, 2.24) is 14.9 Å². The number of aromatic nitrogens is 2. The molecule has 11 heavy (non-hydrogen) atoms. The van der Waals surface area contributed by atoms with Crippen molar-refractivity contribution in [1.29, 1.82) is 0 Å². The Hall–Kier alpha value is -0.520. The van der Waals surface area contributed by atoms with E-state index < -0.39 is 0 Å². The molecule has 0 aliphatic rings. The van der Waals surface area contributed by atoms with E-state index in [0.29, 0.717) is 0 Å². The molecular weight excluding hydrogens is 160 g/mol. The topological polar surface area (TPSA) is 63.8 Å². The predicted molar refractivity (Wildman–Crippen MR) is 45.3 cm³/mol. The first-order valence-electron chi connectivity index (χ1n) is 3.60. The lowest BCUT2D eigenvalue weighted by Gasteiger charge is -1.98. The Labute approximate surface area is 70.0 Å². The van der Waals surface area contributed by atoms with Crippen LogP contribution in [0.15, 0.2) is 6.20 Å². The van der Waals surface area contributed by atoms with Gasteiger partial charge in [0.05, 0.1) is 11.1 Å². The van der Waals surface area contributed by atoms with Crippen molar-refractivity contribution in [2.24, 2.45) is 5.73 Å². The number of hydrogen-bond donors (Lipinski definition) is 2. The first-order valence-corrected chi connectivity index (χ1v) is 4.38. The quantitative estimate of drug-likeness (QED) is 0.612. The largest absolute Gasteiger partial charge is 0.330 e. The van der Waals surface area contributed by atoms with Crippen molar-refractivity contribution in [3.8, 4) is 0 Å². The first kappa shape index (κ1) is 8.58. The molecule has 0 saturated heterocycles. The summed E-state index contributed by atoms with van der Waals surface area (Å²) in [6.45, 7) is 2.57. The van der Waals surface area contributed by atoms with Gasteiger partial charge in [-0.25, -0.2) is 0 Å². The van der Waals surface area contributed by atoms with Crippen LogP contribution in [0.5, 0.6) is 0 Å². The van der Waals surface area contributed by atoms with Crippen molar-refractivity contribution in [3.63, 3.8) is 0 Å². The second-order valence-corrected chi connectivity index (χ2v) is 3.07. The summed E-state index contributed by atoms with van der Waals surface area (Å²) in [5, 5.41) is 6.96. The van der Waals surface area contributed by atoms with Crippen LogP contribution in [0.1, 0.15) is 11.3 Å². The molecule has 0 unspecified atom stereocenters. The van der Waals surface area contributed by atoms with Gasteiger partial charge in [0.25, 0.3) is 0 Å². The molecule has 0 aromatic carbocycles. The van der Waals surface area contributed by atoms with Gasteiger partial charge in [-0.3, -0.25) is 0 Å². The van der Waals surface area contributed by atoms with E-state index in [-0.39, 0.29) is 0 Å². The number of hydrogen-bond acceptors (Lipinski definition) is 5. The Morgan fingerprint density at radius 2 is 2.55 bits per heavy atom. The number of rotatable bonds is 5. The minimum absolute atomic E-state index is 0.744. The number of nitrogens with one attached hydrogen (secondary N) is 1. The summed E-state index contributed by atoms with van der Waals surface area (Å²) < 4.78 is 3.75. The zero-order chi connectivity index (χ0) is 7.94. The average Bonchev–Trinajstić information content (AvgIpc) is 2.50. The third kappa shape index (κ3) is 3.41. The molecule has 0 radical (unpaired) electrons. The summed E-state index contributed by atoms with van der Waals surface area (Å²) in [6, 6.07) is 0. The Bertz CT molecular complexity index is 175. The Kier molecular flexibility index (Phi) is 4.03. The SMILES string of the molecule is NCCCNCc1cnns1. The fourth-order valence-electron chi connectivity index (χ4n) is 0.704. The lowest BCUT2D eigenvalue weighted by Crippen LogP contribution is -2.17. The van der Waals surface area contributed by atoms with E-state index in [0.717, 1.165) is 26.1 Å². The minimum Gasteiger partial charge on any atom is -0.330 e. The highest BCUT2D eigenvalue weighted by molar-refractivity contribution is 7.05. The third-order valence-corrected chi connectivity index (χ3v) is 1.92. The van der Waals surface area contributed by atoms with E-state index in [1.807, 2.05) is 0 Å². The van der Waals surface area contributed by atoms with Crippen LogP contribution in [0.4, 0.5) is 0 Å². The van der Waals surface area contributed by atoms with Crippen LogP contribution in [0.2, 0.25) is 0 Å². The molecule has 1 aromatic rings. The molecule has 0 saturated carbocycles. The van der Waals surface area contributed by atoms with E-state index in [1.54, 1.807) is 6.20 Å². The number of nitrogens with zero attached hydrogens (tertiary/aromatic N) is 2. The molecule has 5 heteroatoms. The van der Waals surface area contributed by atoms with E-state index >= 15 is 0 Å². The van der Waals surface area contributed by atoms with Gasteiger partial charge < -0.3 is 11.1 Å². The van der Waals surface area contributed by atoms with Gasteiger partial charge in [-0.1, -0.05) is 4.49 Å².